The highest BCUT2D eigenvalue weighted by molar-refractivity contribution is 6.30. The van der Waals surface area contributed by atoms with Crippen LogP contribution in [0.5, 0.6) is 0 Å². The summed E-state index contributed by atoms with van der Waals surface area (Å²) in [5.41, 5.74) is 1.57. The number of nitrogens with zero attached hydrogens (tertiary/aromatic N) is 2. The lowest BCUT2D eigenvalue weighted by atomic mass is 10.1. The molecule has 2 aromatic carbocycles. The van der Waals surface area contributed by atoms with Crippen molar-refractivity contribution in [2.24, 2.45) is 0 Å². The summed E-state index contributed by atoms with van der Waals surface area (Å²) in [6.07, 6.45) is -3.59. The molecule has 0 unspecified atom stereocenters. The van der Waals surface area contributed by atoms with Crippen LogP contribution in [-0.4, -0.2) is 9.55 Å². The van der Waals surface area contributed by atoms with Gasteiger partial charge in [-0.3, -0.25) is 0 Å². The van der Waals surface area contributed by atoms with Gasteiger partial charge in [0.15, 0.2) is 0 Å². The van der Waals surface area contributed by atoms with Gasteiger partial charge in [0, 0.05) is 17.1 Å². The number of imidazole rings is 1. The topological polar surface area (TPSA) is 17.8 Å². The third kappa shape index (κ3) is 3.31. The van der Waals surface area contributed by atoms with E-state index in [1.165, 1.54) is 4.57 Å². The highest BCUT2D eigenvalue weighted by Gasteiger charge is 2.36. The maximum absolute atomic E-state index is 13.4. The van der Waals surface area contributed by atoms with Gasteiger partial charge in [-0.1, -0.05) is 35.9 Å². The normalized spacial score (nSPS) is 11.7. The Morgan fingerprint density at radius 2 is 1.71 bits per heavy atom. The number of aromatic nitrogens is 2. The first-order valence-electron chi connectivity index (χ1n) is 7.29. The van der Waals surface area contributed by atoms with Crippen molar-refractivity contribution in [2.75, 3.05) is 0 Å². The summed E-state index contributed by atoms with van der Waals surface area (Å²) in [6, 6.07) is 14.0. The van der Waals surface area contributed by atoms with Crippen LogP contribution >= 0.6 is 11.6 Å². The molecule has 0 spiro atoms. The Hall–Kier alpha value is -2.27. The van der Waals surface area contributed by atoms with Gasteiger partial charge >= 0.3 is 6.18 Å². The Morgan fingerprint density at radius 3 is 2.33 bits per heavy atom. The molecular weight excluding hydrogens is 337 g/mol. The van der Waals surface area contributed by atoms with Gasteiger partial charge in [0.05, 0.1) is 6.20 Å². The van der Waals surface area contributed by atoms with Gasteiger partial charge in [-0.15, -0.1) is 0 Å². The molecule has 0 aliphatic heterocycles. The SMILES string of the molecule is Cc1ccccc1Cn1c(C(F)(F)F)cnc1-c1ccc(Cl)cc1. The number of rotatable bonds is 3. The molecule has 2 nitrogen and oxygen atoms in total. The second kappa shape index (κ2) is 6.32. The maximum Gasteiger partial charge on any atom is 0.433 e. The fourth-order valence-electron chi connectivity index (χ4n) is 2.55. The van der Waals surface area contributed by atoms with E-state index in [-0.39, 0.29) is 12.4 Å². The van der Waals surface area contributed by atoms with E-state index in [1.54, 1.807) is 24.3 Å². The lowest BCUT2D eigenvalue weighted by molar-refractivity contribution is -0.143. The maximum atomic E-state index is 13.4. The van der Waals surface area contributed by atoms with E-state index in [2.05, 4.69) is 4.98 Å². The average Bonchev–Trinajstić information content (AvgIpc) is 2.94. The number of alkyl halides is 3. The molecule has 6 heteroatoms. The third-order valence-corrected chi connectivity index (χ3v) is 4.09. The van der Waals surface area contributed by atoms with Crippen molar-refractivity contribution in [2.45, 2.75) is 19.6 Å². The molecule has 0 aliphatic carbocycles. The molecule has 0 saturated carbocycles. The van der Waals surface area contributed by atoms with Gasteiger partial charge in [-0.25, -0.2) is 4.98 Å². The van der Waals surface area contributed by atoms with E-state index in [4.69, 9.17) is 11.6 Å². The van der Waals surface area contributed by atoms with Crippen LogP contribution in [0.1, 0.15) is 16.8 Å². The van der Waals surface area contributed by atoms with Crippen molar-refractivity contribution < 1.29 is 13.2 Å². The van der Waals surface area contributed by atoms with Crippen LogP contribution in [0.25, 0.3) is 11.4 Å². The second-order valence-electron chi connectivity index (χ2n) is 5.48. The minimum atomic E-state index is -4.47. The predicted molar refractivity (Wildman–Crippen MR) is 88.0 cm³/mol. The van der Waals surface area contributed by atoms with E-state index in [0.717, 1.165) is 17.3 Å². The molecule has 0 saturated heterocycles. The molecule has 0 atom stereocenters. The van der Waals surface area contributed by atoms with Crippen LogP contribution in [0, 0.1) is 6.92 Å². The van der Waals surface area contributed by atoms with E-state index in [1.807, 2.05) is 31.2 Å². The number of aryl methyl sites for hydroxylation is 1. The fourth-order valence-corrected chi connectivity index (χ4v) is 2.68. The molecule has 3 rings (SSSR count). The van der Waals surface area contributed by atoms with Gasteiger partial charge in [-0.05, 0) is 42.3 Å². The van der Waals surface area contributed by atoms with E-state index < -0.39 is 11.9 Å². The number of hydrogen-bond donors (Lipinski definition) is 0. The molecular formula is C18H14ClF3N2. The first-order valence-corrected chi connectivity index (χ1v) is 7.67. The van der Waals surface area contributed by atoms with Gasteiger partial charge in [-0.2, -0.15) is 13.2 Å². The summed E-state index contributed by atoms with van der Waals surface area (Å²) < 4.78 is 41.3. The highest BCUT2D eigenvalue weighted by atomic mass is 35.5. The molecule has 0 aliphatic rings. The zero-order valence-corrected chi connectivity index (χ0v) is 13.6. The summed E-state index contributed by atoms with van der Waals surface area (Å²) in [4.78, 5) is 4.01. The first kappa shape index (κ1) is 16.6. The van der Waals surface area contributed by atoms with Crippen LogP contribution in [0.3, 0.4) is 0 Å². The molecule has 0 bridgehead atoms. The van der Waals surface area contributed by atoms with Crippen molar-refractivity contribution in [1.82, 2.24) is 9.55 Å². The summed E-state index contributed by atoms with van der Waals surface area (Å²) in [7, 11) is 0. The minimum absolute atomic E-state index is 0.0967. The van der Waals surface area contributed by atoms with Crippen molar-refractivity contribution in [3.8, 4) is 11.4 Å². The fraction of sp³-hybridized carbons (Fsp3) is 0.167. The molecule has 124 valence electrons. The molecule has 0 N–H and O–H groups in total. The Balaban J connectivity index is 2.12. The van der Waals surface area contributed by atoms with Crippen LogP contribution in [0.4, 0.5) is 13.2 Å². The molecule has 0 amide bonds. The molecule has 0 fully saturated rings. The zero-order valence-electron chi connectivity index (χ0n) is 12.8. The van der Waals surface area contributed by atoms with Crippen LogP contribution < -0.4 is 0 Å². The van der Waals surface area contributed by atoms with Crippen LogP contribution in [0.15, 0.2) is 54.7 Å². The molecule has 1 heterocycles. The van der Waals surface area contributed by atoms with E-state index in [0.29, 0.717) is 10.6 Å². The second-order valence-corrected chi connectivity index (χ2v) is 5.92. The zero-order chi connectivity index (χ0) is 17.3. The summed E-state index contributed by atoms with van der Waals surface area (Å²) in [6.45, 7) is 1.97. The summed E-state index contributed by atoms with van der Waals surface area (Å²) >= 11 is 5.86. The van der Waals surface area contributed by atoms with Crippen LogP contribution in [0.2, 0.25) is 5.02 Å². The third-order valence-electron chi connectivity index (χ3n) is 3.84. The van der Waals surface area contributed by atoms with E-state index in [9.17, 15) is 13.2 Å². The highest BCUT2D eigenvalue weighted by Crippen LogP contribution is 2.33. The van der Waals surface area contributed by atoms with Gasteiger partial charge < -0.3 is 4.57 Å². The van der Waals surface area contributed by atoms with Crippen molar-refractivity contribution in [3.05, 3.63) is 76.6 Å². The average molecular weight is 351 g/mol. The lowest BCUT2D eigenvalue weighted by Crippen LogP contribution is -2.15. The Morgan fingerprint density at radius 1 is 1.04 bits per heavy atom. The first-order chi connectivity index (χ1) is 11.4. The van der Waals surface area contributed by atoms with Gasteiger partial charge in [0.25, 0.3) is 0 Å². The summed E-state index contributed by atoms with van der Waals surface area (Å²) in [5.74, 6) is 0.266. The number of hydrogen-bond acceptors (Lipinski definition) is 1. The molecule has 1 aromatic heterocycles. The molecule has 24 heavy (non-hydrogen) atoms. The lowest BCUT2D eigenvalue weighted by Gasteiger charge is -2.15. The molecule has 0 radical (unpaired) electrons. The molecule has 3 aromatic rings. The standard InChI is InChI=1S/C18H14ClF3N2/c1-12-4-2-3-5-14(12)11-24-16(18(20,21)22)10-23-17(24)13-6-8-15(19)9-7-13/h2-10H,11H2,1H3. The monoisotopic (exact) mass is 350 g/mol. The van der Waals surface area contributed by atoms with Crippen molar-refractivity contribution in [1.29, 1.82) is 0 Å². The smallest absolute Gasteiger partial charge is 0.316 e. The van der Waals surface area contributed by atoms with Gasteiger partial charge in [0.2, 0.25) is 0 Å². The van der Waals surface area contributed by atoms with Gasteiger partial charge in [0.1, 0.15) is 11.5 Å². The Bertz CT molecular complexity index is 851. The largest absolute Gasteiger partial charge is 0.433 e. The quantitative estimate of drug-likeness (QED) is 0.603. The van der Waals surface area contributed by atoms with Crippen LogP contribution in [-0.2, 0) is 12.7 Å². The minimum Gasteiger partial charge on any atom is -0.316 e. The Labute approximate surface area is 142 Å². The predicted octanol–water partition coefficient (Wildman–Crippen LogP) is 5.58. The Kier molecular flexibility index (Phi) is 4.37. The summed E-state index contributed by atoms with van der Waals surface area (Å²) in [5, 5.41) is 0.520. The van der Waals surface area contributed by atoms with E-state index >= 15 is 0 Å². The number of benzene rings is 2. The number of halogens is 4. The van der Waals surface area contributed by atoms with Crippen molar-refractivity contribution in [3.63, 3.8) is 0 Å². The van der Waals surface area contributed by atoms with Crippen molar-refractivity contribution >= 4 is 11.6 Å².